The van der Waals surface area contributed by atoms with Gasteiger partial charge in [-0.25, -0.2) is 4.98 Å². The number of benzene rings is 2. The number of aromatic amines is 1. The van der Waals surface area contributed by atoms with E-state index in [4.69, 9.17) is 4.98 Å². The molecule has 1 saturated heterocycles. The molecule has 2 aromatic carbocycles. The molecule has 0 saturated carbocycles. The predicted octanol–water partition coefficient (Wildman–Crippen LogP) is 3.94. The molecule has 3 heterocycles. The molecule has 3 aromatic rings. The van der Waals surface area contributed by atoms with Crippen LogP contribution in [0.5, 0.6) is 0 Å². The lowest BCUT2D eigenvalue weighted by Gasteiger charge is -2.42. The molecule has 0 radical (unpaired) electrons. The van der Waals surface area contributed by atoms with Gasteiger partial charge in [-0.15, -0.1) is 0 Å². The lowest BCUT2D eigenvalue weighted by molar-refractivity contribution is 0.0915. The van der Waals surface area contributed by atoms with E-state index in [0.29, 0.717) is 6.04 Å². The van der Waals surface area contributed by atoms with Crippen LogP contribution in [0.1, 0.15) is 29.8 Å². The predicted molar refractivity (Wildman–Crippen MR) is 96.9 cm³/mol. The van der Waals surface area contributed by atoms with Crippen LogP contribution in [0.2, 0.25) is 0 Å². The highest BCUT2D eigenvalue weighted by Crippen LogP contribution is 2.32. The Morgan fingerprint density at radius 2 is 1.75 bits per heavy atom. The van der Waals surface area contributed by atoms with Crippen molar-refractivity contribution in [3.05, 3.63) is 65.5 Å². The molecular weight excluding hydrogens is 294 g/mol. The molecule has 0 amide bonds. The summed E-state index contributed by atoms with van der Waals surface area (Å²) in [7, 11) is 0. The summed E-state index contributed by atoms with van der Waals surface area (Å²) in [5, 5.41) is 0. The summed E-state index contributed by atoms with van der Waals surface area (Å²) in [6, 6.07) is 18.0. The van der Waals surface area contributed by atoms with E-state index in [0.717, 1.165) is 29.3 Å². The van der Waals surface area contributed by atoms with Crippen molar-refractivity contribution >= 4 is 11.0 Å². The molecule has 2 atom stereocenters. The maximum Gasteiger partial charge on any atom is 0.121 e. The molecule has 0 spiro atoms. The van der Waals surface area contributed by atoms with Crippen LogP contribution in [0.3, 0.4) is 0 Å². The molecule has 0 unspecified atom stereocenters. The minimum atomic E-state index is 0.649. The van der Waals surface area contributed by atoms with Crippen molar-refractivity contribution in [3.8, 4) is 0 Å². The van der Waals surface area contributed by atoms with Crippen LogP contribution in [0.4, 0.5) is 0 Å². The second kappa shape index (κ2) is 5.75. The van der Waals surface area contributed by atoms with Gasteiger partial charge in [0.2, 0.25) is 0 Å². The summed E-state index contributed by atoms with van der Waals surface area (Å²) in [4.78, 5) is 11.0. The zero-order valence-corrected chi connectivity index (χ0v) is 13.9. The van der Waals surface area contributed by atoms with Crippen molar-refractivity contribution in [3.63, 3.8) is 0 Å². The van der Waals surface area contributed by atoms with Crippen molar-refractivity contribution in [2.24, 2.45) is 5.92 Å². The summed E-state index contributed by atoms with van der Waals surface area (Å²) < 4.78 is 0. The standard InChI is InChI=1S/C21H23N3/c1-2-6-17-12-18-10-9-15(11-16(17)5-1)13-24(18)14-21-22-19-7-3-4-8-20(19)23-21/h1-8,15,18H,9-14H2,(H,22,23)/t15-,18+/m0/s1. The first-order valence-corrected chi connectivity index (χ1v) is 9.09. The fourth-order valence-electron chi connectivity index (χ4n) is 4.57. The van der Waals surface area contributed by atoms with Gasteiger partial charge < -0.3 is 4.98 Å². The zero-order valence-electron chi connectivity index (χ0n) is 13.9. The maximum absolute atomic E-state index is 4.79. The van der Waals surface area contributed by atoms with E-state index in [-0.39, 0.29) is 0 Å². The largest absolute Gasteiger partial charge is 0.341 e. The molecule has 6 rings (SSSR count). The first kappa shape index (κ1) is 14.2. The number of piperidine rings is 1. The molecule has 1 fully saturated rings. The van der Waals surface area contributed by atoms with Crippen LogP contribution in [-0.4, -0.2) is 27.5 Å². The van der Waals surface area contributed by atoms with E-state index in [9.17, 15) is 0 Å². The van der Waals surface area contributed by atoms with Gasteiger partial charge in [0.05, 0.1) is 17.6 Å². The lowest BCUT2D eigenvalue weighted by atomic mass is 9.80. The maximum atomic E-state index is 4.79. The highest BCUT2D eigenvalue weighted by molar-refractivity contribution is 5.74. The van der Waals surface area contributed by atoms with Gasteiger partial charge in [-0.1, -0.05) is 36.4 Å². The van der Waals surface area contributed by atoms with Crippen LogP contribution in [0, 0.1) is 5.92 Å². The minimum absolute atomic E-state index is 0.649. The molecule has 1 aromatic heterocycles. The number of hydrogen-bond donors (Lipinski definition) is 1. The molecule has 3 aliphatic rings. The van der Waals surface area contributed by atoms with Crippen molar-refractivity contribution in [1.29, 1.82) is 0 Å². The number of rotatable bonds is 2. The Morgan fingerprint density at radius 3 is 2.62 bits per heavy atom. The minimum Gasteiger partial charge on any atom is -0.341 e. The van der Waals surface area contributed by atoms with Crippen molar-refractivity contribution in [2.45, 2.75) is 38.3 Å². The van der Waals surface area contributed by atoms with Gasteiger partial charge in [-0.2, -0.15) is 0 Å². The number of fused-ring (bicyclic) bond motifs is 3. The highest BCUT2D eigenvalue weighted by atomic mass is 15.2. The summed E-state index contributed by atoms with van der Waals surface area (Å²) in [6.07, 6.45) is 5.11. The Bertz CT molecular complexity index is 833. The molecule has 1 aliphatic carbocycles. The van der Waals surface area contributed by atoms with Crippen LogP contribution in [0.15, 0.2) is 48.5 Å². The second-order valence-electron chi connectivity index (χ2n) is 7.40. The first-order chi connectivity index (χ1) is 11.8. The van der Waals surface area contributed by atoms with Gasteiger partial charge in [0.15, 0.2) is 0 Å². The van der Waals surface area contributed by atoms with Crippen molar-refractivity contribution in [1.82, 2.24) is 14.9 Å². The summed E-state index contributed by atoms with van der Waals surface area (Å²) in [5.74, 6) is 1.89. The number of aromatic nitrogens is 2. The number of imidazole rings is 1. The SMILES string of the molecule is c1ccc2c(c1)C[C@@H]1CC[C@H](C2)N(Cc2nc3ccccc3[nH]2)C1. The quantitative estimate of drug-likeness (QED) is 0.776. The van der Waals surface area contributed by atoms with E-state index >= 15 is 0 Å². The Labute approximate surface area is 142 Å². The molecule has 1 N–H and O–H groups in total. The lowest BCUT2D eigenvalue weighted by Crippen LogP contribution is -2.46. The normalized spacial score (nSPS) is 23.8. The van der Waals surface area contributed by atoms with E-state index in [1.807, 2.05) is 0 Å². The molecule has 2 aliphatic heterocycles. The highest BCUT2D eigenvalue weighted by Gasteiger charge is 2.32. The Balaban J connectivity index is 1.43. The van der Waals surface area contributed by atoms with Crippen LogP contribution < -0.4 is 0 Å². The number of hydrogen-bond acceptors (Lipinski definition) is 2. The third-order valence-corrected chi connectivity index (χ3v) is 5.79. The smallest absolute Gasteiger partial charge is 0.121 e. The van der Waals surface area contributed by atoms with Gasteiger partial charge in [0.1, 0.15) is 5.82 Å². The van der Waals surface area contributed by atoms with Gasteiger partial charge in [0, 0.05) is 12.6 Å². The van der Waals surface area contributed by atoms with Gasteiger partial charge in [-0.05, 0) is 54.9 Å². The molecule has 122 valence electrons. The average Bonchev–Trinajstić information content (AvgIpc) is 2.98. The van der Waals surface area contributed by atoms with Gasteiger partial charge in [0.25, 0.3) is 0 Å². The fourth-order valence-corrected chi connectivity index (χ4v) is 4.57. The van der Waals surface area contributed by atoms with Gasteiger partial charge >= 0.3 is 0 Å². The van der Waals surface area contributed by atoms with E-state index in [2.05, 4.69) is 58.4 Å². The van der Waals surface area contributed by atoms with E-state index in [1.165, 1.54) is 32.2 Å². The molecule has 2 bridgehead atoms. The Hall–Kier alpha value is -2.13. The van der Waals surface area contributed by atoms with Crippen LogP contribution in [0.25, 0.3) is 11.0 Å². The molecular formula is C21H23N3. The number of H-pyrrole nitrogens is 1. The summed E-state index contributed by atoms with van der Waals surface area (Å²) >= 11 is 0. The zero-order chi connectivity index (χ0) is 15.9. The average molecular weight is 317 g/mol. The summed E-state index contributed by atoms with van der Waals surface area (Å²) in [6.45, 7) is 2.15. The Kier molecular flexibility index (Phi) is 3.41. The third kappa shape index (κ3) is 2.53. The Morgan fingerprint density at radius 1 is 0.958 bits per heavy atom. The second-order valence-corrected chi connectivity index (χ2v) is 7.40. The molecule has 3 nitrogen and oxygen atoms in total. The number of para-hydroxylation sites is 2. The third-order valence-electron chi connectivity index (χ3n) is 5.79. The van der Waals surface area contributed by atoms with E-state index in [1.54, 1.807) is 11.1 Å². The first-order valence-electron chi connectivity index (χ1n) is 9.09. The van der Waals surface area contributed by atoms with E-state index < -0.39 is 0 Å². The molecule has 3 heteroatoms. The van der Waals surface area contributed by atoms with Gasteiger partial charge in [-0.3, -0.25) is 4.90 Å². The van der Waals surface area contributed by atoms with Crippen LogP contribution in [-0.2, 0) is 19.4 Å². The van der Waals surface area contributed by atoms with Crippen molar-refractivity contribution < 1.29 is 0 Å². The topological polar surface area (TPSA) is 31.9 Å². The number of nitrogens with one attached hydrogen (secondary N) is 1. The van der Waals surface area contributed by atoms with Crippen molar-refractivity contribution in [2.75, 3.05) is 6.54 Å². The summed E-state index contributed by atoms with van der Waals surface area (Å²) in [5.41, 5.74) is 5.36. The monoisotopic (exact) mass is 317 g/mol. The molecule has 24 heavy (non-hydrogen) atoms. The fraction of sp³-hybridized carbons (Fsp3) is 0.381. The number of nitrogens with zero attached hydrogens (tertiary/aromatic N) is 2. The van der Waals surface area contributed by atoms with Crippen LogP contribution >= 0.6 is 0 Å².